The highest BCUT2D eigenvalue weighted by Crippen LogP contribution is 2.22. The van der Waals surface area contributed by atoms with E-state index in [1.165, 1.54) is 24.3 Å². The molecule has 0 aliphatic heterocycles. The second-order valence-electron chi connectivity index (χ2n) is 5.44. The van der Waals surface area contributed by atoms with Gasteiger partial charge in [-0.15, -0.1) is 0 Å². The normalized spacial score (nSPS) is 11.4. The summed E-state index contributed by atoms with van der Waals surface area (Å²) >= 11 is 0. The van der Waals surface area contributed by atoms with Gasteiger partial charge in [-0.05, 0) is 29.2 Å². The van der Waals surface area contributed by atoms with Gasteiger partial charge in [0.2, 0.25) is 0 Å². The van der Waals surface area contributed by atoms with Crippen LogP contribution >= 0.6 is 0 Å². The summed E-state index contributed by atoms with van der Waals surface area (Å²) in [4.78, 5) is 10.1. The molecule has 0 N–H and O–H groups in total. The van der Waals surface area contributed by atoms with Gasteiger partial charge in [0.15, 0.2) is 0 Å². The first-order valence-corrected chi connectivity index (χ1v) is 8.60. The third-order valence-electron chi connectivity index (χ3n) is 3.24. The van der Waals surface area contributed by atoms with Gasteiger partial charge in [-0.25, -0.2) is 0 Å². The zero-order valence-corrected chi connectivity index (χ0v) is 13.6. The lowest BCUT2D eigenvalue weighted by molar-refractivity contribution is -0.384. The van der Waals surface area contributed by atoms with Gasteiger partial charge >= 0.3 is 10.1 Å². The van der Waals surface area contributed by atoms with Crippen LogP contribution in [0.1, 0.15) is 30.9 Å². The number of nitrogens with zero attached hydrogens (tertiary/aromatic N) is 1. The van der Waals surface area contributed by atoms with Gasteiger partial charge in [0.05, 0.1) is 4.92 Å². The fourth-order valence-electron chi connectivity index (χ4n) is 2.02. The molecule has 2 aromatic rings. The average molecular weight is 335 g/mol. The summed E-state index contributed by atoms with van der Waals surface area (Å²) in [5.41, 5.74) is 1.32. The van der Waals surface area contributed by atoms with Crippen molar-refractivity contribution in [3.63, 3.8) is 0 Å². The van der Waals surface area contributed by atoms with E-state index in [4.69, 9.17) is 4.18 Å². The summed E-state index contributed by atoms with van der Waals surface area (Å²) in [7, 11) is -3.83. The van der Waals surface area contributed by atoms with Crippen LogP contribution in [0.4, 0.5) is 5.69 Å². The standard InChI is InChI=1S/C16H17NO5S/c1-12(2)14-4-3-5-16(10-14)22-23(20,21)11-13-6-8-15(9-7-13)17(18)19/h3-10,12H,11H2,1-2H3. The molecule has 0 radical (unpaired) electrons. The summed E-state index contributed by atoms with van der Waals surface area (Å²) in [6.45, 7) is 4.01. The Morgan fingerprint density at radius 2 is 1.78 bits per heavy atom. The molecule has 2 rings (SSSR count). The fourth-order valence-corrected chi connectivity index (χ4v) is 3.08. The van der Waals surface area contributed by atoms with Crippen LogP contribution in [0.5, 0.6) is 5.75 Å². The summed E-state index contributed by atoms with van der Waals surface area (Å²) < 4.78 is 29.3. The number of hydrogen-bond acceptors (Lipinski definition) is 5. The molecule has 0 saturated carbocycles. The minimum atomic E-state index is -3.83. The SMILES string of the molecule is CC(C)c1cccc(OS(=O)(=O)Cc2ccc([N+](=O)[O-])cc2)c1. The summed E-state index contributed by atoms with van der Waals surface area (Å²) in [5.74, 6) is 0.172. The van der Waals surface area contributed by atoms with Crippen LogP contribution in [-0.2, 0) is 15.9 Å². The van der Waals surface area contributed by atoms with Crippen molar-refractivity contribution in [3.8, 4) is 5.75 Å². The molecule has 0 aliphatic carbocycles. The van der Waals surface area contributed by atoms with Crippen molar-refractivity contribution in [2.75, 3.05) is 0 Å². The van der Waals surface area contributed by atoms with E-state index < -0.39 is 15.0 Å². The lowest BCUT2D eigenvalue weighted by Crippen LogP contribution is -2.12. The Morgan fingerprint density at radius 1 is 1.13 bits per heavy atom. The molecule has 0 amide bonds. The van der Waals surface area contributed by atoms with E-state index in [-0.39, 0.29) is 23.1 Å². The Morgan fingerprint density at radius 3 is 2.35 bits per heavy atom. The monoisotopic (exact) mass is 335 g/mol. The van der Waals surface area contributed by atoms with Crippen molar-refractivity contribution in [2.24, 2.45) is 0 Å². The number of nitro benzene ring substituents is 1. The minimum absolute atomic E-state index is 0.0864. The van der Waals surface area contributed by atoms with Crippen LogP contribution in [-0.4, -0.2) is 13.3 Å². The third-order valence-corrected chi connectivity index (χ3v) is 4.37. The van der Waals surface area contributed by atoms with E-state index in [1.54, 1.807) is 18.2 Å². The van der Waals surface area contributed by atoms with Gasteiger partial charge in [0.1, 0.15) is 11.5 Å². The predicted octanol–water partition coefficient (Wildman–Crippen LogP) is 3.63. The van der Waals surface area contributed by atoms with E-state index in [0.717, 1.165) is 5.56 Å². The van der Waals surface area contributed by atoms with Crippen molar-refractivity contribution in [3.05, 3.63) is 69.8 Å². The minimum Gasteiger partial charge on any atom is -0.382 e. The number of non-ortho nitro benzene ring substituents is 1. The maximum atomic E-state index is 12.1. The molecule has 0 fully saturated rings. The molecule has 0 aliphatic rings. The summed E-state index contributed by atoms with van der Waals surface area (Å²) in [5, 5.41) is 10.6. The summed E-state index contributed by atoms with van der Waals surface area (Å²) in [6.07, 6.45) is 0. The van der Waals surface area contributed by atoms with Gasteiger partial charge in [0, 0.05) is 12.1 Å². The Labute approximate surface area is 135 Å². The first kappa shape index (κ1) is 17.0. The molecule has 122 valence electrons. The van der Waals surface area contributed by atoms with Crippen LogP contribution in [0.15, 0.2) is 48.5 Å². The maximum Gasteiger partial charge on any atom is 0.313 e. The first-order valence-electron chi connectivity index (χ1n) is 7.02. The topological polar surface area (TPSA) is 86.5 Å². The van der Waals surface area contributed by atoms with Crippen molar-refractivity contribution in [2.45, 2.75) is 25.5 Å². The summed E-state index contributed by atoms with van der Waals surface area (Å²) in [6, 6.07) is 12.3. The molecule has 0 atom stereocenters. The second-order valence-corrected chi connectivity index (χ2v) is 7.01. The lowest BCUT2D eigenvalue weighted by Gasteiger charge is -2.10. The van der Waals surface area contributed by atoms with Crippen LogP contribution < -0.4 is 4.18 Å². The molecular formula is C16H17NO5S. The Balaban J connectivity index is 2.13. The maximum absolute atomic E-state index is 12.1. The van der Waals surface area contributed by atoms with E-state index in [0.29, 0.717) is 5.56 Å². The van der Waals surface area contributed by atoms with E-state index in [1.807, 2.05) is 19.9 Å². The molecule has 7 heteroatoms. The zero-order valence-electron chi connectivity index (χ0n) is 12.8. The van der Waals surface area contributed by atoms with Crippen molar-refractivity contribution < 1.29 is 17.5 Å². The smallest absolute Gasteiger partial charge is 0.313 e. The van der Waals surface area contributed by atoms with Gasteiger partial charge in [-0.1, -0.05) is 38.1 Å². The lowest BCUT2D eigenvalue weighted by atomic mass is 10.0. The Bertz CT molecular complexity index is 797. The van der Waals surface area contributed by atoms with Crippen LogP contribution in [0.3, 0.4) is 0 Å². The van der Waals surface area contributed by atoms with Crippen LogP contribution in [0.2, 0.25) is 0 Å². The van der Waals surface area contributed by atoms with E-state index >= 15 is 0 Å². The van der Waals surface area contributed by atoms with Gasteiger partial charge in [-0.2, -0.15) is 8.42 Å². The fraction of sp³-hybridized carbons (Fsp3) is 0.250. The van der Waals surface area contributed by atoms with Gasteiger partial charge in [0.25, 0.3) is 5.69 Å². The van der Waals surface area contributed by atoms with E-state index in [2.05, 4.69) is 0 Å². The highest BCUT2D eigenvalue weighted by Gasteiger charge is 2.16. The molecule has 6 nitrogen and oxygen atoms in total. The van der Waals surface area contributed by atoms with Crippen molar-refractivity contribution >= 4 is 15.8 Å². The molecule has 23 heavy (non-hydrogen) atoms. The predicted molar refractivity (Wildman–Crippen MR) is 86.9 cm³/mol. The highest BCUT2D eigenvalue weighted by molar-refractivity contribution is 7.86. The quantitative estimate of drug-likeness (QED) is 0.457. The first-order chi connectivity index (χ1) is 10.8. The zero-order chi connectivity index (χ0) is 17.0. The Kier molecular flexibility index (Phi) is 5.00. The number of nitro groups is 1. The van der Waals surface area contributed by atoms with E-state index in [9.17, 15) is 18.5 Å². The molecule has 0 bridgehead atoms. The number of hydrogen-bond donors (Lipinski definition) is 0. The number of rotatable bonds is 6. The Hall–Kier alpha value is -2.41. The van der Waals surface area contributed by atoms with Gasteiger partial charge in [-0.3, -0.25) is 10.1 Å². The molecule has 2 aromatic carbocycles. The van der Waals surface area contributed by atoms with Crippen LogP contribution in [0.25, 0.3) is 0 Å². The van der Waals surface area contributed by atoms with Crippen LogP contribution in [0, 0.1) is 10.1 Å². The van der Waals surface area contributed by atoms with Crippen molar-refractivity contribution in [1.82, 2.24) is 0 Å². The average Bonchev–Trinajstić information content (AvgIpc) is 2.47. The molecule has 0 saturated heterocycles. The molecule has 0 unspecified atom stereocenters. The molecule has 0 heterocycles. The largest absolute Gasteiger partial charge is 0.382 e. The second kappa shape index (κ2) is 6.78. The molecule has 0 aromatic heterocycles. The van der Waals surface area contributed by atoms with Crippen molar-refractivity contribution in [1.29, 1.82) is 0 Å². The van der Waals surface area contributed by atoms with Gasteiger partial charge < -0.3 is 4.18 Å². The molecule has 0 spiro atoms. The third kappa shape index (κ3) is 4.79. The highest BCUT2D eigenvalue weighted by atomic mass is 32.2. The molecular weight excluding hydrogens is 318 g/mol. The number of benzene rings is 2.